The maximum absolute atomic E-state index is 12.5. The second-order valence-electron chi connectivity index (χ2n) is 13.4. The van der Waals surface area contributed by atoms with Crippen LogP contribution in [0.5, 0.6) is 23.0 Å². The van der Waals surface area contributed by atoms with E-state index in [0.29, 0.717) is 0 Å². The van der Waals surface area contributed by atoms with E-state index in [-0.39, 0.29) is 64.6 Å². The number of aromatic hydroxyl groups is 2. The van der Waals surface area contributed by atoms with E-state index in [1.54, 1.807) is 20.8 Å². The Bertz CT molecular complexity index is 1900. The van der Waals surface area contributed by atoms with E-state index >= 15 is 0 Å². The Morgan fingerprint density at radius 1 is 0.655 bits per heavy atom. The number of Topliss-reactive ketones (excluding diaryl/α,β-unsaturated/α-hetero) is 2. The molecule has 2 aromatic carbocycles. The molecule has 4 rings (SSSR count). The molecular formula is C42H50N2O11. The van der Waals surface area contributed by atoms with Crippen LogP contribution in [0.25, 0.3) is 0 Å². The SMILES string of the molecule is COc1cc[n+]([O-])c(C(=O)C[C@@H](C)C(=O)O[C@@H](C)[C@@H](C)c2ccccc2)c1O.COc1ccnc(C(=O)C[C@@H](C)C(=O)O[C@@H](C)[C@@H](C)c2ccccc2)c1O. The summed E-state index contributed by atoms with van der Waals surface area (Å²) in [5.41, 5.74) is 1.55. The van der Waals surface area contributed by atoms with Crippen molar-refractivity contribution in [2.75, 3.05) is 14.2 Å². The fourth-order valence-corrected chi connectivity index (χ4v) is 5.51. The molecule has 13 nitrogen and oxygen atoms in total. The van der Waals surface area contributed by atoms with Gasteiger partial charge in [0.1, 0.15) is 12.2 Å². The molecule has 0 saturated heterocycles. The predicted octanol–water partition coefficient (Wildman–Crippen LogP) is 6.72. The van der Waals surface area contributed by atoms with Gasteiger partial charge in [-0.15, -0.1) is 0 Å². The van der Waals surface area contributed by atoms with Crippen LogP contribution in [0.3, 0.4) is 0 Å². The fourth-order valence-electron chi connectivity index (χ4n) is 5.51. The number of hydrogen-bond acceptors (Lipinski definition) is 12. The first-order chi connectivity index (χ1) is 26.1. The highest BCUT2D eigenvalue weighted by molar-refractivity contribution is 5.99. The highest BCUT2D eigenvalue weighted by atomic mass is 16.5. The maximum Gasteiger partial charge on any atom is 0.309 e. The lowest BCUT2D eigenvalue weighted by Gasteiger charge is -2.22. The third-order valence-electron chi connectivity index (χ3n) is 9.35. The number of pyridine rings is 2. The van der Waals surface area contributed by atoms with Crippen molar-refractivity contribution in [1.82, 2.24) is 4.98 Å². The number of benzene rings is 2. The second-order valence-corrected chi connectivity index (χ2v) is 13.4. The van der Waals surface area contributed by atoms with Crippen LogP contribution in [0.1, 0.15) is 98.3 Å². The predicted molar refractivity (Wildman–Crippen MR) is 203 cm³/mol. The van der Waals surface area contributed by atoms with Gasteiger partial charge in [-0.25, -0.2) is 4.98 Å². The summed E-state index contributed by atoms with van der Waals surface area (Å²) in [6, 6.07) is 22.2. The standard InChI is InChI=1S/C21H25NO6.C21H25NO5/c1-13(12-17(23)19-20(24)18(27-4)10-11-22(19)26)21(25)28-15(3)14(2)16-8-6-5-7-9-16;1-13(12-17(23)19-20(24)18(26-4)10-11-22-19)21(25)27-15(3)14(2)16-8-6-5-7-9-16/h5-11,13-15,24H,12H2,1-4H3;5-11,13-15,24H,12H2,1-4H3/t2*13-,14-,15+/m11/s1. The summed E-state index contributed by atoms with van der Waals surface area (Å²) in [5, 5.41) is 32.0. The van der Waals surface area contributed by atoms with Crippen LogP contribution in [-0.4, -0.2) is 65.1 Å². The highest BCUT2D eigenvalue weighted by Gasteiger charge is 2.31. The lowest BCUT2D eigenvalue weighted by atomic mass is 9.96. The second kappa shape index (κ2) is 20.5. The minimum atomic E-state index is -0.775. The van der Waals surface area contributed by atoms with E-state index in [1.165, 1.54) is 32.5 Å². The number of methoxy groups -OCH3 is 2. The molecule has 0 aliphatic carbocycles. The van der Waals surface area contributed by atoms with Gasteiger partial charge in [0.15, 0.2) is 34.9 Å². The summed E-state index contributed by atoms with van der Waals surface area (Å²) in [6.45, 7) is 10.7. The van der Waals surface area contributed by atoms with Gasteiger partial charge in [0, 0.05) is 43.0 Å². The van der Waals surface area contributed by atoms with Gasteiger partial charge in [-0.2, -0.15) is 4.73 Å². The van der Waals surface area contributed by atoms with Gasteiger partial charge in [-0.3, -0.25) is 19.2 Å². The van der Waals surface area contributed by atoms with Crippen molar-refractivity contribution in [3.05, 3.63) is 113 Å². The van der Waals surface area contributed by atoms with E-state index in [4.69, 9.17) is 18.9 Å². The minimum Gasteiger partial charge on any atom is -0.618 e. The highest BCUT2D eigenvalue weighted by Crippen LogP contribution is 2.31. The molecule has 4 aromatic rings. The van der Waals surface area contributed by atoms with Crippen molar-refractivity contribution in [3.63, 3.8) is 0 Å². The Kier molecular flexibility index (Phi) is 16.2. The normalized spacial score (nSPS) is 14.0. The summed E-state index contributed by atoms with van der Waals surface area (Å²) < 4.78 is 21.2. The van der Waals surface area contributed by atoms with Gasteiger partial charge in [0.05, 0.1) is 26.1 Å². The number of nitrogens with zero attached hydrogens (tertiary/aromatic N) is 2. The molecule has 2 N–H and O–H groups in total. The van der Waals surface area contributed by atoms with Crippen LogP contribution < -0.4 is 14.2 Å². The molecule has 0 aliphatic heterocycles. The van der Waals surface area contributed by atoms with E-state index in [0.717, 1.165) is 17.3 Å². The molecule has 2 heterocycles. The van der Waals surface area contributed by atoms with Gasteiger partial charge < -0.3 is 34.4 Å². The first-order valence-electron chi connectivity index (χ1n) is 17.9. The molecule has 6 atom stereocenters. The molecule has 2 aromatic heterocycles. The molecule has 0 saturated carbocycles. The van der Waals surface area contributed by atoms with Crippen molar-refractivity contribution in [2.24, 2.45) is 11.8 Å². The summed E-state index contributed by atoms with van der Waals surface area (Å²) in [7, 11) is 2.70. The summed E-state index contributed by atoms with van der Waals surface area (Å²) >= 11 is 0. The van der Waals surface area contributed by atoms with Crippen LogP contribution in [-0.2, 0) is 19.1 Å². The van der Waals surface area contributed by atoms with Gasteiger partial charge in [-0.05, 0) is 25.0 Å². The zero-order chi connectivity index (χ0) is 40.8. The molecule has 0 radical (unpaired) electrons. The van der Waals surface area contributed by atoms with E-state index in [1.807, 2.05) is 81.4 Å². The van der Waals surface area contributed by atoms with Gasteiger partial charge in [0.25, 0.3) is 0 Å². The van der Waals surface area contributed by atoms with Gasteiger partial charge >= 0.3 is 17.6 Å². The molecule has 294 valence electrons. The number of ketones is 2. The zero-order valence-corrected chi connectivity index (χ0v) is 32.4. The van der Waals surface area contributed by atoms with Crippen LogP contribution in [0, 0.1) is 17.0 Å². The van der Waals surface area contributed by atoms with E-state index < -0.39 is 46.8 Å². The number of ether oxygens (including phenoxy) is 4. The van der Waals surface area contributed by atoms with E-state index in [9.17, 15) is 34.6 Å². The monoisotopic (exact) mass is 758 g/mol. The van der Waals surface area contributed by atoms with Crippen molar-refractivity contribution < 1.29 is 53.1 Å². The molecule has 0 aliphatic rings. The van der Waals surface area contributed by atoms with Crippen LogP contribution >= 0.6 is 0 Å². The Hall–Kier alpha value is -5.98. The molecule has 0 unspecified atom stereocenters. The number of esters is 2. The zero-order valence-electron chi connectivity index (χ0n) is 32.4. The average molecular weight is 759 g/mol. The first kappa shape index (κ1) is 43.4. The van der Waals surface area contributed by atoms with Crippen LogP contribution in [0.4, 0.5) is 0 Å². The third kappa shape index (κ3) is 11.8. The smallest absolute Gasteiger partial charge is 0.309 e. The Labute approximate surface area is 321 Å². The largest absolute Gasteiger partial charge is 0.618 e. The summed E-state index contributed by atoms with van der Waals surface area (Å²) in [6.07, 6.45) is 1.34. The first-order valence-corrected chi connectivity index (χ1v) is 17.9. The molecule has 0 spiro atoms. The lowest BCUT2D eigenvalue weighted by molar-refractivity contribution is -0.608. The number of rotatable bonds is 16. The third-order valence-corrected chi connectivity index (χ3v) is 9.35. The molecule has 0 amide bonds. The molecule has 55 heavy (non-hydrogen) atoms. The number of carbonyl (C=O) groups is 4. The number of hydrogen-bond donors (Lipinski definition) is 2. The Morgan fingerprint density at radius 3 is 1.55 bits per heavy atom. The van der Waals surface area contributed by atoms with Crippen LogP contribution in [0.15, 0.2) is 85.2 Å². The average Bonchev–Trinajstić information content (AvgIpc) is 3.18. The number of carbonyl (C=O) groups excluding carboxylic acids is 4. The van der Waals surface area contributed by atoms with Gasteiger partial charge in [0.2, 0.25) is 11.5 Å². The summed E-state index contributed by atoms with van der Waals surface area (Å²) in [4.78, 5) is 53.6. The Balaban J connectivity index is 0.000000296. The molecule has 0 fully saturated rings. The van der Waals surface area contributed by atoms with Crippen molar-refractivity contribution in [2.45, 2.75) is 78.4 Å². The van der Waals surface area contributed by atoms with Crippen molar-refractivity contribution in [3.8, 4) is 23.0 Å². The van der Waals surface area contributed by atoms with Crippen molar-refractivity contribution >= 4 is 23.5 Å². The van der Waals surface area contributed by atoms with Crippen LogP contribution in [0.2, 0.25) is 0 Å². The Morgan fingerprint density at radius 2 is 1.09 bits per heavy atom. The van der Waals surface area contributed by atoms with E-state index in [2.05, 4.69) is 4.98 Å². The molecule has 0 bridgehead atoms. The number of aromatic nitrogens is 2. The quantitative estimate of drug-likeness (QED) is 0.0533. The van der Waals surface area contributed by atoms with Crippen molar-refractivity contribution in [1.29, 1.82) is 0 Å². The van der Waals surface area contributed by atoms with Gasteiger partial charge in [-0.1, -0.05) is 88.4 Å². The summed E-state index contributed by atoms with van der Waals surface area (Å²) in [5.74, 6) is -4.22. The minimum absolute atomic E-state index is 0.0102. The topological polar surface area (TPSA) is 185 Å². The lowest BCUT2D eigenvalue weighted by Crippen LogP contribution is -2.35. The molecule has 13 heteroatoms. The fraction of sp³-hybridized carbons (Fsp3) is 0.381. The maximum atomic E-state index is 12.5. The molecular weight excluding hydrogens is 708 g/mol.